The molecule has 0 saturated heterocycles. The lowest BCUT2D eigenvalue weighted by atomic mass is 10.1. The Kier molecular flexibility index (Phi) is 5.95. The number of ether oxygens (including phenoxy) is 2. The third-order valence-electron chi connectivity index (χ3n) is 2.81. The third kappa shape index (κ3) is 4.20. The maximum atomic E-state index is 9.55. The molecule has 0 saturated carbocycles. The number of hydrogen-bond acceptors (Lipinski definition) is 4. The molecule has 1 rings (SSSR count). The van der Waals surface area contributed by atoms with Gasteiger partial charge in [-0.3, -0.25) is 0 Å². The molecule has 2 atom stereocenters. The fraction of sp³-hybridized carbons (Fsp3) is 0.571. The highest BCUT2D eigenvalue weighted by molar-refractivity contribution is 5.42. The van der Waals surface area contributed by atoms with Crippen LogP contribution in [0.2, 0.25) is 0 Å². The molecule has 0 bridgehead atoms. The quantitative estimate of drug-likeness (QED) is 0.784. The molecular formula is C14H23NO3. The van der Waals surface area contributed by atoms with Gasteiger partial charge in [0.15, 0.2) is 11.5 Å². The van der Waals surface area contributed by atoms with E-state index in [9.17, 15) is 5.11 Å². The van der Waals surface area contributed by atoms with Gasteiger partial charge in [-0.05, 0) is 38.5 Å². The Morgan fingerprint density at radius 3 is 2.67 bits per heavy atom. The highest BCUT2D eigenvalue weighted by Crippen LogP contribution is 2.28. The van der Waals surface area contributed by atoms with Gasteiger partial charge in [0.1, 0.15) is 0 Å². The highest BCUT2D eigenvalue weighted by atomic mass is 16.5. The Labute approximate surface area is 109 Å². The first kappa shape index (κ1) is 14.8. The molecule has 4 heteroatoms. The van der Waals surface area contributed by atoms with Crippen molar-refractivity contribution in [3.05, 3.63) is 23.8 Å². The van der Waals surface area contributed by atoms with Crippen LogP contribution in [0.1, 0.15) is 32.4 Å². The normalized spacial score (nSPS) is 14.2. The largest absolute Gasteiger partial charge is 0.504 e. The summed E-state index contributed by atoms with van der Waals surface area (Å²) in [5.74, 6) is 0.662. The van der Waals surface area contributed by atoms with E-state index < -0.39 is 0 Å². The molecule has 0 radical (unpaired) electrons. The number of nitrogens with one attached hydrogen (secondary N) is 1. The molecule has 0 aliphatic heterocycles. The van der Waals surface area contributed by atoms with E-state index in [2.05, 4.69) is 19.2 Å². The molecule has 0 heterocycles. The van der Waals surface area contributed by atoms with Crippen LogP contribution in [0.3, 0.4) is 0 Å². The van der Waals surface area contributed by atoms with Crippen LogP contribution in [0.4, 0.5) is 0 Å². The summed E-state index contributed by atoms with van der Waals surface area (Å²) < 4.78 is 10.5. The molecule has 0 aromatic heterocycles. The average Bonchev–Trinajstić information content (AvgIpc) is 2.36. The van der Waals surface area contributed by atoms with Crippen LogP contribution in [0.15, 0.2) is 18.2 Å². The van der Waals surface area contributed by atoms with Gasteiger partial charge in [-0.2, -0.15) is 0 Å². The van der Waals surface area contributed by atoms with Gasteiger partial charge >= 0.3 is 0 Å². The predicted octanol–water partition coefficient (Wildman–Crippen LogP) is 2.48. The van der Waals surface area contributed by atoms with Crippen molar-refractivity contribution in [1.29, 1.82) is 0 Å². The number of aromatic hydroxyl groups is 1. The van der Waals surface area contributed by atoms with E-state index in [0.717, 1.165) is 12.2 Å². The molecule has 0 aliphatic rings. The molecule has 0 aliphatic carbocycles. The molecule has 2 N–H and O–H groups in total. The molecule has 0 amide bonds. The van der Waals surface area contributed by atoms with Crippen molar-refractivity contribution in [2.24, 2.45) is 0 Å². The average molecular weight is 253 g/mol. The van der Waals surface area contributed by atoms with Crippen molar-refractivity contribution in [2.75, 3.05) is 20.3 Å². The van der Waals surface area contributed by atoms with E-state index in [1.54, 1.807) is 13.2 Å². The van der Waals surface area contributed by atoms with E-state index in [-0.39, 0.29) is 17.8 Å². The Morgan fingerprint density at radius 1 is 1.33 bits per heavy atom. The first-order valence-electron chi connectivity index (χ1n) is 6.29. The molecule has 1 aromatic carbocycles. The Hall–Kier alpha value is -1.26. The molecular weight excluding hydrogens is 230 g/mol. The van der Waals surface area contributed by atoms with Crippen LogP contribution in [0, 0.1) is 0 Å². The number of rotatable bonds is 7. The van der Waals surface area contributed by atoms with Crippen LogP contribution < -0.4 is 10.1 Å². The predicted molar refractivity (Wildman–Crippen MR) is 72.2 cm³/mol. The summed E-state index contributed by atoms with van der Waals surface area (Å²) in [6.45, 7) is 7.57. The third-order valence-corrected chi connectivity index (χ3v) is 2.81. The fourth-order valence-electron chi connectivity index (χ4n) is 1.83. The highest BCUT2D eigenvalue weighted by Gasteiger charge is 2.11. The second kappa shape index (κ2) is 7.24. The lowest BCUT2D eigenvalue weighted by Gasteiger charge is -2.20. The Bertz CT molecular complexity index is 368. The lowest BCUT2D eigenvalue weighted by Crippen LogP contribution is -2.32. The van der Waals surface area contributed by atoms with Gasteiger partial charge in [0.05, 0.1) is 13.7 Å². The van der Waals surface area contributed by atoms with E-state index >= 15 is 0 Å². The second-order valence-electron chi connectivity index (χ2n) is 4.38. The van der Waals surface area contributed by atoms with Crippen molar-refractivity contribution in [1.82, 2.24) is 5.32 Å². The monoisotopic (exact) mass is 253 g/mol. The summed E-state index contributed by atoms with van der Waals surface area (Å²) in [6.07, 6.45) is 0. The van der Waals surface area contributed by atoms with Crippen LogP contribution in [0.5, 0.6) is 11.5 Å². The molecule has 4 nitrogen and oxygen atoms in total. The summed E-state index contributed by atoms with van der Waals surface area (Å²) in [4.78, 5) is 0. The van der Waals surface area contributed by atoms with Gasteiger partial charge in [-0.15, -0.1) is 0 Å². The van der Waals surface area contributed by atoms with E-state index in [1.807, 2.05) is 19.1 Å². The van der Waals surface area contributed by atoms with Gasteiger partial charge in [-0.25, -0.2) is 0 Å². The summed E-state index contributed by atoms with van der Waals surface area (Å²) in [6, 6.07) is 5.85. The van der Waals surface area contributed by atoms with Crippen LogP contribution in [-0.4, -0.2) is 31.5 Å². The zero-order valence-corrected chi connectivity index (χ0v) is 11.6. The van der Waals surface area contributed by atoms with Crippen molar-refractivity contribution in [2.45, 2.75) is 32.9 Å². The van der Waals surface area contributed by atoms with Gasteiger partial charge in [0, 0.05) is 18.7 Å². The van der Waals surface area contributed by atoms with Crippen LogP contribution in [-0.2, 0) is 4.74 Å². The number of benzene rings is 1. The summed E-state index contributed by atoms with van der Waals surface area (Å²) in [5, 5.41) is 13.0. The molecule has 0 spiro atoms. The van der Waals surface area contributed by atoms with Crippen molar-refractivity contribution in [3.8, 4) is 11.5 Å². The second-order valence-corrected chi connectivity index (χ2v) is 4.38. The van der Waals surface area contributed by atoms with Gasteiger partial charge in [0.2, 0.25) is 0 Å². The topological polar surface area (TPSA) is 50.7 Å². The van der Waals surface area contributed by atoms with Crippen molar-refractivity contribution < 1.29 is 14.6 Å². The van der Waals surface area contributed by atoms with E-state index in [4.69, 9.17) is 9.47 Å². The van der Waals surface area contributed by atoms with E-state index in [1.165, 1.54) is 0 Å². The minimum atomic E-state index is 0.163. The van der Waals surface area contributed by atoms with Crippen molar-refractivity contribution in [3.63, 3.8) is 0 Å². The maximum Gasteiger partial charge on any atom is 0.160 e. The molecule has 18 heavy (non-hydrogen) atoms. The zero-order chi connectivity index (χ0) is 13.5. The number of phenols is 1. The SMILES string of the molecule is CCOCC(C)NC(C)c1ccc(O)c(OC)c1. The zero-order valence-electron chi connectivity index (χ0n) is 11.6. The van der Waals surface area contributed by atoms with E-state index in [0.29, 0.717) is 12.4 Å². The minimum absolute atomic E-state index is 0.163. The molecule has 102 valence electrons. The van der Waals surface area contributed by atoms with Crippen LogP contribution in [0.25, 0.3) is 0 Å². The summed E-state index contributed by atoms with van der Waals surface area (Å²) in [5.41, 5.74) is 1.08. The Morgan fingerprint density at radius 2 is 2.06 bits per heavy atom. The summed E-state index contributed by atoms with van der Waals surface area (Å²) >= 11 is 0. The van der Waals surface area contributed by atoms with Crippen molar-refractivity contribution >= 4 is 0 Å². The number of methoxy groups -OCH3 is 1. The molecule has 0 fully saturated rings. The first-order valence-corrected chi connectivity index (χ1v) is 6.29. The van der Waals surface area contributed by atoms with Gasteiger partial charge in [-0.1, -0.05) is 6.07 Å². The van der Waals surface area contributed by atoms with Gasteiger partial charge < -0.3 is 19.9 Å². The minimum Gasteiger partial charge on any atom is -0.504 e. The maximum absolute atomic E-state index is 9.55. The Balaban J connectivity index is 2.63. The van der Waals surface area contributed by atoms with Crippen LogP contribution >= 0.6 is 0 Å². The molecule has 1 aromatic rings. The lowest BCUT2D eigenvalue weighted by molar-refractivity contribution is 0.124. The number of hydrogen-bond donors (Lipinski definition) is 2. The smallest absolute Gasteiger partial charge is 0.160 e. The summed E-state index contributed by atoms with van der Waals surface area (Å²) in [7, 11) is 1.55. The number of phenolic OH excluding ortho intramolecular Hbond substituents is 1. The first-order chi connectivity index (χ1) is 8.58. The van der Waals surface area contributed by atoms with Gasteiger partial charge in [0.25, 0.3) is 0 Å². The standard InChI is InChI=1S/C14H23NO3/c1-5-18-9-10(2)15-11(3)12-6-7-13(16)14(8-12)17-4/h6-8,10-11,15-16H,5,9H2,1-4H3. The molecule has 2 unspecified atom stereocenters. The fourth-order valence-corrected chi connectivity index (χ4v) is 1.83.